The molecule has 1 aromatic heterocycles. The van der Waals surface area contributed by atoms with Crippen LogP contribution in [-0.2, 0) is 0 Å². The van der Waals surface area contributed by atoms with Crippen LogP contribution in [-0.4, -0.2) is 15.9 Å². The lowest BCUT2D eigenvalue weighted by Crippen LogP contribution is -2.14. The minimum absolute atomic E-state index is 0.401. The second-order valence-corrected chi connectivity index (χ2v) is 9.86. The van der Waals surface area contributed by atoms with Gasteiger partial charge in [-0.15, -0.1) is 0 Å². The smallest absolute Gasteiger partial charge is 0.343 e. The molecule has 3 aromatic rings. The predicted octanol–water partition coefficient (Wildman–Crippen LogP) is 7.87. The van der Waals surface area contributed by atoms with Crippen molar-refractivity contribution in [3.8, 4) is 23.2 Å². The van der Waals surface area contributed by atoms with Crippen molar-refractivity contribution in [2.45, 2.75) is 77.0 Å². The molecule has 5 nitrogen and oxygen atoms in total. The fraction of sp³-hybridized carbons (Fsp3) is 0.419. The van der Waals surface area contributed by atoms with E-state index in [-0.39, 0.29) is 0 Å². The monoisotopic (exact) mass is 481 g/mol. The lowest BCUT2D eigenvalue weighted by Gasteiger charge is -2.28. The normalized spacial score (nSPS) is 17.3. The Hall–Kier alpha value is -3.52. The van der Waals surface area contributed by atoms with Gasteiger partial charge >= 0.3 is 5.97 Å². The van der Waals surface area contributed by atoms with Crippen molar-refractivity contribution < 1.29 is 9.53 Å². The first-order valence-electron chi connectivity index (χ1n) is 13.3. The molecule has 0 bridgehead atoms. The Kier molecular flexibility index (Phi) is 9.21. The summed E-state index contributed by atoms with van der Waals surface area (Å²) in [5, 5.41) is 8.88. The molecule has 1 aliphatic rings. The van der Waals surface area contributed by atoms with E-state index in [1.165, 1.54) is 69.8 Å². The van der Waals surface area contributed by atoms with Crippen LogP contribution in [0.4, 0.5) is 0 Å². The van der Waals surface area contributed by atoms with Gasteiger partial charge in [-0.3, -0.25) is 0 Å². The molecule has 36 heavy (non-hydrogen) atoms. The van der Waals surface area contributed by atoms with Gasteiger partial charge in [0, 0.05) is 18.0 Å². The van der Waals surface area contributed by atoms with Gasteiger partial charge in [0.2, 0.25) is 0 Å². The molecule has 1 saturated carbocycles. The van der Waals surface area contributed by atoms with Gasteiger partial charge in [0.25, 0.3) is 0 Å². The molecule has 0 unspecified atom stereocenters. The van der Waals surface area contributed by atoms with Crippen LogP contribution in [0.2, 0.25) is 0 Å². The summed E-state index contributed by atoms with van der Waals surface area (Å²) in [5.74, 6) is 2.13. The summed E-state index contributed by atoms with van der Waals surface area (Å²) in [6.07, 6.45) is 17.3. The molecule has 0 N–H and O–H groups in total. The molecule has 5 heteroatoms. The quantitative estimate of drug-likeness (QED) is 0.167. The zero-order chi connectivity index (χ0) is 25.2. The van der Waals surface area contributed by atoms with Crippen LogP contribution in [0, 0.1) is 17.2 Å². The maximum atomic E-state index is 12.3. The zero-order valence-electron chi connectivity index (χ0n) is 21.2. The number of esters is 1. The highest BCUT2D eigenvalue weighted by Crippen LogP contribution is 2.37. The minimum atomic E-state index is -0.459. The third kappa shape index (κ3) is 7.01. The number of unbranched alkanes of at least 4 members (excludes halogenated alkanes) is 4. The average molecular weight is 482 g/mol. The van der Waals surface area contributed by atoms with Crippen molar-refractivity contribution in [3.63, 3.8) is 0 Å². The highest BCUT2D eigenvalue weighted by Gasteiger charge is 2.22. The molecule has 0 saturated heterocycles. The van der Waals surface area contributed by atoms with E-state index in [1.54, 1.807) is 36.4 Å². The maximum Gasteiger partial charge on any atom is 0.343 e. The molecule has 0 aliphatic heterocycles. The second kappa shape index (κ2) is 13.0. The van der Waals surface area contributed by atoms with Crippen LogP contribution in [0.5, 0.6) is 5.75 Å². The highest BCUT2D eigenvalue weighted by molar-refractivity contribution is 5.91. The average Bonchev–Trinajstić information content (AvgIpc) is 2.94. The number of hydrogen-bond acceptors (Lipinski definition) is 5. The third-order valence-electron chi connectivity index (χ3n) is 7.28. The molecular formula is C31H35N3O2. The van der Waals surface area contributed by atoms with Crippen molar-refractivity contribution in [2.75, 3.05) is 0 Å². The van der Waals surface area contributed by atoms with Crippen molar-refractivity contribution in [1.29, 1.82) is 5.26 Å². The topological polar surface area (TPSA) is 75.9 Å². The van der Waals surface area contributed by atoms with E-state index in [9.17, 15) is 4.79 Å². The van der Waals surface area contributed by atoms with E-state index in [0.29, 0.717) is 28.6 Å². The summed E-state index contributed by atoms with van der Waals surface area (Å²) in [6.45, 7) is 2.27. The largest absolute Gasteiger partial charge is 0.423 e. The number of rotatable bonds is 10. The van der Waals surface area contributed by atoms with Gasteiger partial charge in [0.15, 0.2) is 5.82 Å². The summed E-state index contributed by atoms with van der Waals surface area (Å²) in [4.78, 5) is 21.6. The van der Waals surface area contributed by atoms with E-state index in [4.69, 9.17) is 10.00 Å². The summed E-state index contributed by atoms with van der Waals surface area (Å²) in [7, 11) is 0. The van der Waals surface area contributed by atoms with Gasteiger partial charge in [-0.2, -0.15) is 5.26 Å². The zero-order valence-corrected chi connectivity index (χ0v) is 21.2. The molecule has 4 rings (SSSR count). The van der Waals surface area contributed by atoms with Crippen molar-refractivity contribution in [1.82, 2.24) is 9.97 Å². The molecule has 1 aliphatic carbocycles. The molecule has 0 amide bonds. The van der Waals surface area contributed by atoms with E-state index in [1.807, 2.05) is 30.6 Å². The van der Waals surface area contributed by atoms with Crippen LogP contribution >= 0.6 is 0 Å². The fourth-order valence-corrected chi connectivity index (χ4v) is 5.04. The number of nitrogens with zero attached hydrogens (tertiary/aromatic N) is 3. The first kappa shape index (κ1) is 25.6. The molecule has 0 spiro atoms. The van der Waals surface area contributed by atoms with Crippen LogP contribution < -0.4 is 4.74 Å². The Morgan fingerprint density at radius 1 is 0.917 bits per heavy atom. The molecule has 1 heterocycles. The van der Waals surface area contributed by atoms with Crippen molar-refractivity contribution in [3.05, 3.63) is 77.6 Å². The molecule has 0 atom stereocenters. The van der Waals surface area contributed by atoms with Gasteiger partial charge in [0.05, 0.1) is 17.2 Å². The Morgan fingerprint density at radius 3 is 2.22 bits per heavy atom. The van der Waals surface area contributed by atoms with Crippen molar-refractivity contribution in [2.24, 2.45) is 5.92 Å². The number of ether oxygens (including phenoxy) is 1. The molecule has 1 fully saturated rings. The van der Waals surface area contributed by atoms with Crippen LogP contribution in [0.1, 0.15) is 98.5 Å². The van der Waals surface area contributed by atoms with Gasteiger partial charge in [-0.1, -0.05) is 45.4 Å². The third-order valence-corrected chi connectivity index (χ3v) is 7.28. The van der Waals surface area contributed by atoms with E-state index in [0.717, 1.165) is 11.5 Å². The van der Waals surface area contributed by atoms with Gasteiger partial charge in [0.1, 0.15) is 5.75 Å². The number of hydrogen-bond donors (Lipinski definition) is 0. The summed E-state index contributed by atoms with van der Waals surface area (Å²) >= 11 is 0. The fourth-order valence-electron chi connectivity index (χ4n) is 5.04. The van der Waals surface area contributed by atoms with E-state index in [2.05, 4.69) is 16.9 Å². The number of carbonyl (C=O) groups excluding carboxylic acids is 1. The summed E-state index contributed by atoms with van der Waals surface area (Å²) in [5.41, 5.74) is 3.03. The first-order valence-corrected chi connectivity index (χ1v) is 13.3. The Labute approximate surface area is 214 Å². The Morgan fingerprint density at radius 2 is 1.58 bits per heavy atom. The van der Waals surface area contributed by atoms with Gasteiger partial charge in [-0.25, -0.2) is 14.8 Å². The molecule has 0 radical (unpaired) electrons. The van der Waals surface area contributed by atoms with Crippen molar-refractivity contribution >= 4 is 5.97 Å². The van der Waals surface area contributed by atoms with Gasteiger partial charge in [-0.05, 0) is 91.6 Å². The summed E-state index contributed by atoms with van der Waals surface area (Å²) in [6, 6.07) is 15.6. The summed E-state index contributed by atoms with van der Waals surface area (Å²) < 4.78 is 5.45. The second-order valence-electron chi connectivity index (χ2n) is 9.86. The standard InChI is InChI=1S/C31H35N3O2/c1-2-3-4-5-6-7-23-8-12-25(13-9-23)28-21-33-30(34-22-28)26-16-18-29(19-17-26)36-31(35)27-14-10-24(20-32)11-15-27/h10-11,14-19,21-23,25H,2-9,12-13H2,1H3/t23-,25-. The molecule has 186 valence electrons. The van der Waals surface area contributed by atoms with Crippen LogP contribution in [0.15, 0.2) is 60.9 Å². The van der Waals surface area contributed by atoms with Gasteiger partial charge < -0.3 is 4.74 Å². The van der Waals surface area contributed by atoms with E-state index >= 15 is 0 Å². The maximum absolute atomic E-state index is 12.3. The number of aromatic nitrogens is 2. The Balaban J connectivity index is 1.27. The van der Waals surface area contributed by atoms with E-state index < -0.39 is 5.97 Å². The lowest BCUT2D eigenvalue weighted by molar-refractivity contribution is 0.0735. The first-order chi connectivity index (χ1) is 17.7. The number of carbonyl (C=O) groups is 1. The Bertz CT molecular complexity index is 1140. The van der Waals surface area contributed by atoms with Crippen LogP contribution in [0.25, 0.3) is 11.4 Å². The predicted molar refractivity (Wildman–Crippen MR) is 142 cm³/mol. The lowest BCUT2D eigenvalue weighted by atomic mass is 9.77. The van der Waals surface area contributed by atoms with Crippen LogP contribution in [0.3, 0.4) is 0 Å². The minimum Gasteiger partial charge on any atom is -0.423 e. The number of benzene rings is 2. The molecule has 2 aromatic carbocycles. The SMILES string of the molecule is CCCCCCC[C@H]1CC[C@H](c2cnc(-c3ccc(OC(=O)c4ccc(C#N)cc4)cc3)nc2)CC1. The molecular weight excluding hydrogens is 446 g/mol. The number of nitriles is 1. The highest BCUT2D eigenvalue weighted by atomic mass is 16.5.